The van der Waals surface area contributed by atoms with E-state index in [0.29, 0.717) is 18.7 Å². The molecule has 1 heterocycles. The molecule has 21 heavy (non-hydrogen) atoms. The lowest BCUT2D eigenvalue weighted by Gasteiger charge is -2.10. The summed E-state index contributed by atoms with van der Waals surface area (Å²) in [4.78, 5) is 4.29. The molecular formula is C15H17FN4O. The van der Waals surface area contributed by atoms with Gasteiger partial charge in [-0.1, -0.05) is 17.3 Å². The number of nitrogens with one attached hydrogen (secondary N) is 1. The van der Waals surface area contributed by atoms with Crippen LogP contribution in [-0.2, 0) is 13.1 Å². The second kappa shape index (κ2) is 6.81. The summed E-state index contributed by atoms with van der Waals surface area (Å²) >= 11 is 0. The Balaban J connectivity index is 2.08. The number of halogens is 1. The van der Waals surface area contributed by atoms with Crippen LogP contribution < -0.4 is 11.1 Å². The highest BCUT2D eigenvalue weighted by Crippen LogP contribution is 2.12. The van der Waals surface area contributed by atoms with E-state index in [4.69, 9.17) is 10.9 Å². The lowest BCUT2D eigenvalue weighted by molar-refractivity contribution is 0.318. The number of amidine groups is 1. The van der Waals surface area contributed by atoms with Gasteiger partial charge in [0.25, 0.3) is 0 Å². The Labute approximate surface area is 122 Å². The van der Waals surface area contributed by atoms with Crippen molar-refractivity contribution >= 4 is 5.84 Å². The quantitative estimate of drug-likeness (QED) is 0.340. The number of hydrogen-bond acceptors (Lipinski definition) is 4. The van der Waals surface area contributed by atoms with Gasteiger partial charge >= 0.3 is 0 Å². The van der Waals surface area contributed by atoms with Crippen LogP contribution >= 0.6 is 0 Å². The van der Waals surface area contributed by atoms with Crippen LogP contribution in [0.25, 0.3) is 0 Å². The van der Waals surface area contributed by atoms with Gasteiger partial charge in [-0.25, -0.2) is 4.39 Å². The maximum Gasteiger partial charge on any atom is 0.170 e. The van der Waals surface area contributed by atoms with Crippen LogP contribution in [0.3, 0.4) is 0 Å². The Bertz CT molecular complexity index is 658. The highest BCUT2D eigenvalue weighted by atomic mass is 19.1. The third kappa shape index (κ3) is 3.76. The minimum Gasteiger partial charge on any atom is -0.409 e. The lowest BCUT2D eigenvalue weighted by Crippen LogP contribution is -2.20. The second-order valence-electron chi connectivity index (χ2n) is 4.66. The van der Waals surface area contributed by atoms with Crippen molar-refractivity contribution in [1.82, 2.24) is 10.3 Å². The maximum absolute atomic E-state index is 13.3. The Morgan fingerprint density at radius 2 is 2.19 bits per heavy atom. The number of rotatable bonds is 5. The first-order valence-electron chi connectivity index (χ1n) is 6.49. The summed E-state index contributed by atoms with van der Waals surface area (Å²) in [6.45, 7) is 3.03. The fourth-order valence-electron chi connectivity index (χ4n) is 2.01. The first kappa shape index (κ1) is 14.9. The molecule has 5 nitrogen and oxygen atoms in total. The fourth-order valence-corrected chi connectivity index (χ4v) is 2.01. The number of nitrogens with zero attached hydrogens (tertiary/aromatic N) is 2. The van der Waals surface area contributed by atoms with Gasteiger partial charge in [0.1, 0.15) is 5.82 Å². The largest absolute Gasteiger partial charge is 0.409 e. The van der Waals surface area contributed by atoms with Crippen molar-refractivity contribution in [1.29, 1.82) is 0 Å². The summed E-state index contributed by atoms with van der Waals surface area (Å²) in [5.41, 5.74) is 8.74. The zero-order valence-electron chi connectivity index (χ0n) is 11.7. The number of oxime groups is 1. The zero-order chi connectivity index (χ0) is 15.2. The van der Waals surface area contributed by atoms with Crippen molar-refractivity contribution in [2.75, 3.05) is 0 Å². The molecule has 0 saturated heterocycles. The maximum atomic E-state index is 13.3. The number of pyridine rings is 1. The Kier molecular flexibility index (Phi) is 4.84. The molecule has 1 aromatic carbocycles. The molecule has 0 fully saturated rings. The number of aryl methyl sites for hydroxylation is 1. The fraction of sp³-hybridized carbons (Fsp3) is 0.200. The summed E-state index contributed by atoms with van der Waals surface area (Å²) in [6, 6.07) is 8.08. The zero-order valence-corrected chi connectivity index (χ0v) is 11.7. The Hall–Kier alpha value is -2.47. The molecule has 4 N–H and O–H groups in total. The predicted molar refractivity (Wildman–Crippen MR) is 78.4 cm³/mol. The van der Waals surface area contributed by atoms with Gasteiger partial charge in [-0.15, -0.1) is 0 Å². The normalized spacial score (nSPS) is 11.6. The third-order valence-corrected chi connectivity index (χ3v) is 3.18. The monoisotopic (exact) mass is 288 g/mol. The van der Waals surface area contributed by atoms with Crippen LogP contribution in [-0.4, -0.2) is 16.0 Å². The van der Waals surface area contributed by atoms with Crippen LogP contribution in [0.1, 0.15) is 22.4 Å². The summed E-state index contributed by atoms with van der Waals surface area (Å²) in [5.74, 6) is -0.541. The highest BCUT2D eigenvalue weighted by Gasteiger charge is 2.09. The van der Waals surface area contributed by atoms with Gasteiger partial charge < -0.3 is 16.3 Å². The standard InChI is InChI=1S/C15H17FN4O/c1-10-3-2-6-19-14(10)9-18-8-11-4-5-12(16)7-13(11)15(17)20-21/h2-7,18,21H,8-9H2,1H3,(H2,17,20). The molecule has 0 aliphatic rings. The first-order valence-corrected chi connectivity index (χ1v) is 6.49. The Morgan fingerprint density at radius 1 is 1.38 bits per heavy atom. The molecule has 2 aromatic rings. The molecule has 0 radical (unpaired) electrons. The second-order valence-corrected chi connectivity index (χ2v) is 4.66. The summed E-state index contributed by atoms with van der Waals surface area (Å²) < 4.78 is 13.3. The first-order chi connectivity index (χ1) is 10.1. The molecule has 0 aliphatic heterocycles. The molecular weight excluding hydrogens is 271 g/mol. The van der Waals surface area contributed by atoms with Crippen molar-refractivity contribution in [3.05, 3.63) is 64.7 Å². The van der Waals surface area contributed by atoms with Gasteiger partial charge in [0.05, 0.1) is 5.69 Å². The van der Waals surface area contributed by atoms with Gasteiger partial charge in [-0.2, -0.15) is 0 Å². The molecule has 0 bridgehead atoms. The molecule has 0 atom stereocenters. The summed E-state index contributed by atoms with van der Waals surface area (Å²) in [5, 5.41) is 14.9. The van der Waals surface area contributed by atoms with Crippen molar-refractivity contribution in [2.24, 2.45) is 10.9 Å². The minimum absolute atomic E-state index is 0.111. The average Bonchev–Trinajstić information content (AvgIpc) is 2.49. The lowest BCUT2D eigenvalue weighted by atomic mass is 10.1. The van der Waals surface area contributed by atoms with Gasteiger partial charge in [-0.3, -0.25) is 4.98 Å². The van der Waals surface area contributed by atoms with Crippen LogP contribution in [0.5, 0.6) is 0 Å². The molecule has 110 valence electrons. The smallest absolute Gasteiger partial charge is 0.170 e. The number of aromatic nitrogens is 1. The molecule has 1 aromatic heterocycles. The van der Waals surface area contributed by atoms with E-state index >= 15 is 0 Å². The van der Waals surface area contributed by atoms with Gasteiger partial charge in [-0.05, 0) is 36.2 Å². The number of hydrogen-bond donors (Lipinski definition) is 3. The van der Waals surface area contributed by atoms with Crippen LogP contribution in [0.15, 0.2) is 41.7 Å². The van der Waals surface area contributed by atoms with Crippen LogP contribution in [0.2, 0.25) is 0 Å². The molecule has 0 aliphatic carbocycles. The SMILES string of the molecule is Cc1cccnc1CNCc1ccc(F)cc1C(N)=NO. The minimum atomic E-state index is -0.430. The van der Waals surface area contributed by atoms with Crippen LogP contribution in [0.4, 0.5) is 4.39 Å². The topological polar surface area (TPSA) is 83.5 Å². The van der Waals surface area contributed by atoms with Gasteiger partial charge in [0, 0.05) is 24.8 Å². The van der Waals surface area contributed by atoms with E-state index in [2.05, 4.69) is 15.5 Å². The van der Waals surface area contributed by atoms with E-state index in [1.54, 1.807) is 12.3 Å². The molecule has 6 heteroatoms. The van der Waals surface area contributed by atoms with Gasteiger partial charge in [0.2, 0.25) is 0 Å². The highest BCUT2D eigenvalue weighted by molar-refractivity contribution is 5.98. The molecule has 0 unspecified atom stereocenters. The van der Waals surface area contributed by atoms with Crippen LogP contribution in [0, 0.1) is 12.7 Å². The van der Waals surface area contributed by atoms with E-state index in [9.17, 15) is 4.39 Å². The van der Waals surface area contributed by atoms with E-state index in [0.717, 1.165) is 16.8 Å². The summed E-state index contributed by atoms with van der Waals surface area (Å²) in [6.07, 6.45) is 1.74. The van der Waals surface area contributed by atoms with E-state index < -0.39 is 5.82 Å². The van der Waals surface area contributed by atoms with E-state index in [-0.39, 0.29) is 5.84 Å². The Morgan fingerprint density at radius 3 is 2.90 bits per heavy atom. The van der Waals surface area contributed by atoms with Crippen molar-refractivity contribution in [3.63, 3.8) is 0 Å². The molecule has 0 saturated carbocycles. The predicted octanol–water partition coefficient (Wildman–Crippen LogP) is 1.91. The van der Waals surface area contributed by atoms with Gasteiger partial charge in [0.15, 0.2) is 5.84 Å². The van der Waals surface area contributed by atoms with Crippen molar-refractivity contribution in [3.8, 4) is 0 Å². The third-order valence-electron chi connectivity index (χ3n) is 3.18. The molecule has 0 amide bonds. The van der Waals surface area contributed by atoms with Crippen molar-refractivity contribution in [2.45, 2.75) is 20.0 Å². The molecule has 2 rings (SSSR count). The number of nitrogens with two attached hydrogens (primary N) is 1. The summed E-state index contributed by atoms with van der Waals surface area (Å²) in [7, 11) is 0. The van der Waals surface area contributed by atoms with Crippen molar-refractivity contribution < 1.29 is 9.60 Å². The average molecular weight is 288 g/mol. The van der Waals surface area contributed by atoms with E-state index in [1.807, 2.05) is 19.1 Å². The van der Waals surface area contributed by atoms with E-state index in [1.165, 1.54) is 12.1 Å². The molecule has 0 spiro atoms. The number of benzene rings is 1.